The molecule has 3 atom stereocenters. The van der Waals surface area contributed by atoms with Crippen molar-refractivity contribution in [2.75, 3.05) is 6.61 Å². The van der Waals surface area contributed by atoms with E-state index in [4.69, 9.17) is 4.74 Å². The van der Waals surface area contributed by atoms with Gasteiger partial charge in [-0.25, -0.2) is 4.79 Å². The molecule has 1 rings (SSSR count). The van der Waals surface area contributed by atoms with Crippen LogP contribution in [0.5, 0.6) is 5.75 Å². The minimum Gasteiger partial charge on any atom is -0.490 e. The fourth-order valence-electron chi connectivity index (χ4n) is 3.20. The number of carbonyl (C=O) groups is 4. The normalized spacial score (nSPS) is 13.2. The average molecular weight is 474 g/mol. The molecule has 9 heteroatoms. The zero-order chi connectivity index (χ0) is 25.7. The highest BCUT2D eigenvalue weighted by molar-refractivity contribution is 5.93. The molecule has 34 heavy (non-hydrogen) atoms. The number of aliphatic carboxylic acids is 1. The quantitative estimate of drug-likeness (QED) is 0.288. The Morgan fingerprint density at radius 3 is 2.03 bits per heavy atom. The maximum Gasteiger partial charge on any atom is 0.326 e. The first-order valence-corrected chi connectivity index (χ1v) is 11.1. The molecule has 186 valence electrons. The Kier molecular flexibility index (Phi) is 12.1. The molecule has 0 bridgehead atoms. The number of carbonyl (C=O) groups excluding carboxylic acids is 3. The minimum atomic E-state index is -1.19. The van der Waals surface area contributed by atoms with Crippen molar-refractivity contribution in [2.45, 2.75) is 58.2 Å². The van der Waals surface area contributed by atoms with E-state index in [1.165, 1.54) is 13.0 Å². The van der Waals surface area contributed by atoms with Gasteiger partial charge in [0.1, 0.15) is 30.5 Å². The maximum absolute atomic E-state index is 13.1. The second kappa shape index (κ2) is 14.5. The molecule has 3 amide bonds. The van der Waals surface area contributed by atoms with E-state index < -0.39 is 41.8 Å². The molecule has 4 N–H and O–H groups in total. The van der Waals surface area contributed by atoms with E-state index in [0.717, 1.165) is 5.56 Å². The standard InChI is InChI=1S/C25H35N3O6/c1-6-8-20(25(32)33)27-23(30)21(14-16(3)4)28-24(31)22(26-17(5)29)15-18-9-11-19(12-10-18)34-13-7-2/h6-7,9-12,16,20-22H,1-2,8,13-15H2,3-5H3,(H,26,29)(H,27,30)(H,28,31)(H,32,33)/t20-,21-,22-/m0/s1. The maximum atomic E-state index is 13.1. The van der Waals surface area contributed by atoms with Crippen LogP contribution < -0.4 is 20.7 Å². The second-order valence-electron chi connectivity index (χ2n) is 8.32. The van der Waals surface area contributed by atoms with E-state index in [-0.39, 0.29) is 18.8 Å². The number of benzene rings is 1. The van der Waals surface area contributed by atoms with Crippen molar-refractivity contribution in [3.63, 3.8) is 0 Å². The Morgan fingerprint density at radius 1 is 0.941 bits per heavy atom. The van der Waals surface area contributed by atoms with Crippen LogP contribution in [0.1, 0.15) is 39.2 Å². The Hall–Kier alpha value is -3.62. The third kappa shape index (κ3) is 10.3. The topological polar surface area (TPSA) is 134 Å². The van der Waals surface area contributed by atoms with Crippen LogP contribution in [0, 0.1) is 5.92 Å². The molecule has 0 radical (unpaired) electrons. The first kappa shape index (κ1) is 28.4. The van der Waals surface area contributed by atoms with Crippen LogP contribution in [0.25, 0.3) is 0 Å². The third-order valence-electron chi connectivity index (χ3n) is 4.78. The number of hydrogen-bond donors (Lipinski definition) is 4. The number of ether oxygens (including phenoxy) is 1. The van der Waals surface area contributed by atoms with Gasteiger partial charge >= 0.3 is 5.97 Å². The van der Waals surface area contributed by atoms with Crippen LogP contribution >= 0.6 is 0 Å². The van der Waals surface area contributed by atoms with E-state index in [1.807, 2.05) is 13.8 Å². The fraction of sp³-hybridized carbons (Fsp3) is 0.440. The number of rotatable bonds is 15. The van der Waals surface area contributed by atoms with Crippen molar-refractivity contribution in [3.05, 3.63) is 55.1 Å². The number of carboxylic acid groups (broad SMARTS) is 1. The monoisotopic (exact) mass is 473 g/mol. The first-order chi connectivity index (χ1) is 16.1. The third-order valence-corrected chi connectivity index (χ3v) is 4.78. The molecule has 1 aromatic carbocycles. The number of nitrogens with one attached hydrogen (secondary N) is 3. The molecule has 0 aliphatic rings. The van der Waals surface area contributed by atoms with Crippen LogP contribution in [-0.4, -0.2) is 53.5 Å². The zero-order valence-corrected chi connectivity index (χ0v) is 20.0. The van der Waals surface area contributed by atoms with Crippen LogP contribution in [0.4, 0.5) is 0 Å². The molecule has 0 saturated heterocycles. The Balaban J connectivity index is 2.99. The van der Waals surface area contributed by atoms with Gasteiger partial charge in [-0.05, 0) is 36.5 Å². The first-order valence-electron chi connectivity index (χ1n) is 11.1. The van der Waals surface area contributed by atoms with Gasteiger partial charge in [0.25, 0.3) is 0 Å². The summed E-state index contributed by atoms with van der Waals surface area (Å²) in [6, 6.07) is 4.03. The summed E-state index contributed by atoms with van der Waals surface area (Å²) < 4.78 is 5.45. The lowest BCUT2D eigenvalue weighted by Crippen LogP contribution is -2.56. The summed E-state index contributed by atoms with van der Waals surface area (Å²) in [6.07, 6.45) is 3.56. The molecular formula is C25H35N3O6. The summed E-state index contributed by atoms with van der Waals surface area (Å²) >= 11 is 0. The van der Waals surface area contributed by atoms with Gasteiger partial charge in [-0.1, -0.05) is 44.7 Å². The number of carboxylic acids is 1. The molecule has 0 heterocycles. The Labute approximate surface area is 200 Å². The lowest BCUT2D eigenvalue weighted by atomic mass is 10.0. The summed E-state index contributed by atoms with van der Waals surface area (Å²) in [4.78, 5) is 49.0. The van der Waals surface area contributed by atoms with Gasteiger partial charge in [0.2, 0.25) is 17.7 Å². The van der Waals surface area contributed by atoms with Crippen molar-refractivity contribution in [1.29, 1.82) is 0 Å². The van der Waals surface area contributed by atoms with Crippen LogP contribution in [0.15, 0.2) is 49.6 Å². The zero-order valence-electron chi connectivity index (χ0n) is 20.0. The highest BCUT2D eigenvalue weighted by Crippen LogP contribution is 2.14. The van der Waals surface area contributed by atoms with Gasteiger partial charge in [-0.3, -0.25) is 14.4 Å². The van der Waals surface area contributed by atoms with E-state index in [2.05, 4.69) is 29.1 Å². The fourth-order valence-corrected chi connectivity index (χ4v) is 3.20. The highest BCUT2D eigenvalue weighted by atomic mass is 16.5. The van der Waals surface area contributed by atoms with Crippen LogP contribution in [0.3, 0.4) is 0 Å². The molecule has 1 aromatic rings. The largest absolute Gasteiger partial charge is 0.490 e. The van der Waals surface area contributed by atoms with Crippen LogP contribution in [-0.2, 0) is 25.6 Å². The van der Waals surface area contributed by atoms with Gasteiger partial charge < -0.3 is 25.8 Å². The van der Waals surface area contributed by atoms with Crippen molar-refractivity contribution in [2.24, 2.45) is 5.92 Å². The molecule has 0 aliphatic heterocycles. The van der Waals surface area contributed by atoms with Gasteiger partial charge in [0.05, 0.1) is 0 Å². The molecular weight excluding hydrogens is 438 g/mol. The van der Waals surface area contributed by atoms with Crippen molar-refractivity contribution in [1.82, 2.24) is 16.0 Å². The lowest BCUT2D eigenvalue weighted by molar-refractivity contribution is -0.142. The molecule has 0 aliphatic carbocycles. The predicted molar refractivity (Wildman–Crippen MR) is 129 cm³/mol. The van der Waals surface area contributed by atoms with Gasteiger partial charge in [-0.2, -0.15) is 0 Å². The summed E-state index contributed by atoms with van der Waals surface area (Å²) in [7, 11) is 0. The predicted octanol–water partition coefficient (Wildman–Crippen LogP) is 1.98. The van der Waals surface area contributed by atoms with E-state index in [9.17, 15) is 24.3 Å². The summed E-state index contributed by atoms with van der Waals surface area (Å²) in [5.41, 5.74) is 0.779. The average Bonchev–Trinajstić information content (AvgIpc) is 2.76. The van der Waals surface area contributed by atoms with Crippen molar-refractivity contribution >= 4 is 23.7 Å². The number of amides is 3. The summed E-state index contributed by atoms with van der Waals surface area (Å²) in [6.45, 7) is 12.5. The summed E-state index contributed by atoms with van der Waals surface area (Å²) in [5.74, 6) is -2.06. The van der Waals surface area contributed by atoms with Gasteiger partial charge in [-0.15, -0.1) is 6.58 Å². The SMILES string of the molecule is C=CCOc1ccc(C[C@H](NC(C)=O)C(=O)N[C@@H](CC(C)C)C(=O)N[C@@H](CC=C)C(=O)O)cc1. The van der Waals surface area contributed by atoms with Crippen molar-refractivity contribution < 1.29 is 29.0 Å². The molecule has 0 unspecified atom stereocenters. The molecule has 9 nitrogen and oxygen atoms in total. The Bertz CT molecular complexity index is 866. The smallest absolute Gasteiger partial charge is 0.326 e. The van der Waals surface area contributed by atoms with Gasteiger partial charge in [0, 0.05) is 13.3 Å². The van der Waals surface area contributed by atoms with Gasteiger partial charge in [0.15, 0.2) is 0 Å². The highest BCUT2D eigenvalue weighted by Gasteiger charge is 2.29. The van der Waals surface area contributed by atoms with E-state index in [0.29, 0.717) is 18.8 Å². The minimum absolute atomic E-state index is 0.0426. The molecule has 0 spiro atoms. The molecule has 0 fully saturated rings. The lowest BCUT2D eigenvalue weighted by Gasteiger charge is -2.25. The van der Waals surface area contributed by atoms with E-state index >= 15 is 0 Å². The number of hydrogen-bond acceptors (Lipinski definition) is 5. The Morgan fingerprint density at radius 2 is 1.53 bits per heavy atom. The van der Waals surface area contributed by atoms with Crippen molar-refractivity contribution in [3.8, 4) is 5.75 Å². The second-order valence-corrected chi connectivity index (χ2v) is 8.32. The summed E-state index contributed by atoms with van der Waals surface area (Å²) in [5, 5.41) is 17.1. The van der Waals surface area contributed by atoms with Crippen LogP contribution in [0.2, 0.25) is 0 Å². The molecule has 0 aromatic heterocycles. The molecule has 0 saturated carbocycles. The van der Waals surface area contributed by atoms with E-state index in [1.54, 1.807) is 30.3 Å².